The molecule has 0 aliphatic carbocycles. The number of anilines is 1. The normalized spacial score (nSPS) is 10.6. The second kappa shape index (κ2) is 9.97. The van der Waals surface area contributed by atoms with Gasteiger partial charge in [-0.1, -0.05) is 54.6 Å². The van der Waals surface area contributed by atoms with Crippen LogP contribution in [0, 0.1) is 0 Å². The van der Waals surface area contributed by atoms with E-state index in [0.29, 0.717) is 12.3 Å². The van der Waals surface area contributed by atoms with Gasteiger partial charge in [0.15, 0.2) is 0 Å². The van der Waals surface area contributed by atoms with Gasteiger partial charge in [0.05, 0.1) is 13.7 Å². The fraction of sp³-hybridized carbons (Fsp3) is 0.125. The molecule has 0 radical (unpaired) electrons. The summed E-state index contributed by atoms with van der Waals surface area (Å²) in [5.74, 6) is 1.23. The molecule has 1 N–H and O–H groups in total. The number of carbonyl (C=O) groups excluding carboxylic acids is 1. The second-order valence-electron chi connectivity index (χ2n) is 6.18. The summed E-state index contributed by atoms with van der Waals surface area (Å²) < 4.78 is 11.1. The number of nitrogens with one attached hydrogen (secondary N) is 1. The highest BCUT2D eigenvalue weighted by Crippen LogP contribution is 2.20. The molecule has 0 bridgehead atoms. The molecule has 1 amide bonds. The number of rotatable bonds is 8. The van der Waals surface area contributed by atoms with E-state index in [1.165, 1.54) is 11.6 Å². The first-order chi connectivity index (χ1) is 13.7. The first-order valence-electron chi connectivity index (χ1n) is 9.13. The van der Waals surface area contributed by atoms with Crippen LogP contribution < -0.4 is 14.8 Å². The summed E-state index contributed by atoms with van der Waals surface area (Å²) in [7, 11) is 1.61. The van der Waals surface area contributed by atoms with Gasteiger partial charge in [0.1, 0.15) is 11.5 Å². The summed E-state index contributed by atoms with van der Waals surface area (Å²) >= 11 is 0. The molecule has 0 aromatic heterocycles. The maximum atomic E-state index is 12.2. The molecule has 3 rings (SSSR count). The van der Waals surface area contributed by atoms with Gasteiger partial charge < -0.3 is 14.8 Å². The van der Waals surface area contributed by atoms with E-state index in [4.69, 9.17) is 9.47 Å². The van der Waals surface area contributed by atoms with Gasteiger partial charge in [0.2, 0.25) is 5.91 Å². The van der Waals surface area contributed by atoms with E-state index in [1.807, 2.05) is 66.7 Å². The molecule has 0 unspecified atom stereocenters. The van der Waals surface area contributed by atoms with Crippen LogP contribution in [0.3, 0.4) is 0 Å². The topological polar surface area (TPSA) is 47.6 Å². The van der Waals surface area contributed by atoms with Gasteiger partial charge in [-0.25, -0.2) is 0 Å². The molecule has 0 spiro atoms. The van der Waals surface area contributed by atoms with Gasteiger partial charge in [0.25, 0.3) is 0 Å². The molecule has 0 heterocycles. The van der Waals surface area contributed by atoms with Gasteiger partial charge in [-0.15, -0.1) is 0 Å². The monoisotopic (exact) mass is 373 g/mol. The average molecular weight is 373 g/mol. The molecule has 0 fully saturated rings. The third-order valence-corrected chi connectivity index (χ3v) is 4.16. The molecule has 0 atom stereocenters. The molecular weight excluding hydrogens is 350 g/mol. The molecule has 142 valence electrons. The highest BCUT2D eigenvalue weighted by molar-refractivity contribution is 6.02. The molecule has 0 aliphatic heterocycles. The second-order valence-corrected chi connectivity index (χ2v) is 6.18. The van der Waals surface area contributed by atoms with Crippen molar-refractivity contribution >= 4 is 17.7 Å². The first kappa shape index (κ1) is 19.2. The Hall–Kier alpha value is -3.53. The highest BCUT2D eigenvalue weighted by atomic mass is 16.5. The Kier molecular flexibility index (Phi) is 6.85. The molecular formula is C24H23NO3. The number of para-hydroxylation sites is 1. The maximum absolute atomic E-state index is 12.2. The van der Waals surface area contributed by atoms with E-state index in [1.54, 1.807) is 13.2 Å². The number of hydrogen-bond donors (Lipinski definition) is 1. The molecule has 3 aromatic carbocycles. The first-order valence-corrected chi connectivity index (χ1v) is 9.13. The maximum Gasteiger partial charge on any atom is 0.248 e. The minimum absolute atomic E-state index is 0.215. The van der Waals surface area contributed by atoms with Crippen molar-refractivity contribution in [3.8, 4) is 11.5 Å². The van der Waals surface area contributed by atoms with Gasteiger partial charge in [0, 0.05) is 29.8 Å². The molecule has 0 aliphatic rings. The summed E-state index contributed by atoms with van der Waals surface area (Å²) in [5, 5.41) is 2.85. The van der Waals surface area contributed by atoms with Crippen LogP contribution in [0.4, 0.5) is 5.69 Å². The molecule has 0 saturated carbocycles. The predicted molar refractivity (Wildman–Crippen MR) is 113 cm³/mol. The lowest BCUT2D eigenvalue weighted by atomic mass is 10.2. The molecule has 3 aromatic rings. The van der Waals surface area contributed by atoms with Crippen molar-refractivity contribution in [1.29, 1.82) is 0 Å². The van der Waals surface area contributed by atoms with Crippen molar-refractivity contribution < 1.29 is 14.3 Å². The van der Waals surface area contributed by atoms with Crippen molar-refractivity contribution in [2.75, 3.05) is 19.0 Å². The van der Waals surface area contributed by atoms with E-state index in [0.717, 1.165) is 23.5 Å². The lowest BCUT2D eigenvalue weighted by Gasteiger charge is -2.09. The number of hydrogen-bond acceptors (Lipinski definition) is 3. The van der Waals surface area contributed by atoms with Gasteiger partial charge >= 0.3 is 0 Å². The van der Waals surface area contributed by atoms with Crippen molar-refractivity contribution in [3.05, 3.63) is 96.1 Å². The van der Waals surface area contributed by atoms with Crippen molar-refractivity contribution in [3.63, 3.8) is 0 Å². The standard InChI is InChI=1S/C24H23NO3/c1-27-23-13-6-5-10-20(23)14-15-24(26)25-21-11-7-12-22(18-21)28-17-16-19-8-3-2-4-9-19/h2-15,18H,16-17H2,1H3,(H,25,26)/b15-14+. The van der Waals surface area contributed by atoms with E-state index in [2.05, 4.69) is 17.4 Å². The van der Waals surface area contributed by atoms with Gasteiger partial charge in [-0.05, 0) is 29.8 Å². The molecule has 0 saturated heterocycles. The Balaban J connectivity index is 1.55. The number of ether oxygens (including phenoxy) is 2. The van der Waals surface area contributed by atoms with Crippen LogP contribution in [0.2, 0.25) is 0 Å². The zero-order valence-electron chi connectivity index (χ0n) is 15.8. The summed E-state index contributed by atoms with van der Waals surface area (Å²) in [6, 6.07) is 25.1. The fourth-order valence-electron chi connectivity index (χ4n) is 2.75. The Morgan fingerprint density at radius 3 is 2.57 bits per heavy atom. The lowest BCUT2D eigenvalue weighted by molar-refractivity contribution is -0.111. The third kappa shape index (κ3) is 5.74. The SMILES string of the molecule is COc1ccccc1/C=C/C(=O)Nc1cccc(OCCc2ccccc2)c1. The summed E-state index contributed by atoms with van der Waals surface area (Å²) in [6.07, 6.45) is 4.05. The predicted octanol–water partition coefficient (Wildman–Crippen LogP) is 4.97. The molecule has 4 heteroatoms. The Morgan fingerprint density at radius 2 is 1.75 bits per heavy atom. The van der Waals surface area contributed by atoms with Gasteiger partial charge in [-0.3, -0.25) is 4.79 Å². The number of methoxy groups -OCH3 is 1. The van der Waals surface area contributed by atoms with E-state index < -0.39 is 0 Å². The van der Waals surface area contributed by atoms with Crippen molar-refractivity contribution in [2.45, 2.75) is 6.42 Å². The number of benzene rings is 3. The largest absolute Gasteiger partial charge is 0.496 e. The number of carbonyl (C=O) groups is 1. The molecule has 4 nitrogen and oxygen atoms in total. The Labute approximate surface area is 165 Å². The van der Waals surface area contributed by atoms with Crippen LogP contribution in [-0.2, 0) is 11.2 Å². The van der Waals surface area contributed by atoms with Crippen LogP contribution >= 0.6 is 0 Å². The Morgan fingerprint density at radius 1 is 0.964 bits per heavy atom. The zero-order chi connectivity index (χ0) is 19.6. The van der Waals surface area contributed by atoms with Crippen molar-refractivity contribution in [1.82, 2.24) is 0 Å². The van der Waals surface area contributed by atoms with E-state index in [9.17, 15) is 4.79 Å². The van der Waals surface area contributed by atoms with Crippen molar-refractivity contribution in [2.24, 2.45) is 0 Å². The molecule has 28 heavy (non-hydrogen) atoms. The smallest absolute Gasteiger partial charge is 0.248 e. The summed E-state index contributed by atoms with van der Waals surface area (Å²) in [4.78, 5) is 12.2. The summed E-state index contributed by atoms with van der Waals surface area (Å²) in [6.45, 7) is 0.578. The van der Waals surface area contributed by atoms with Crippen LogP contribution in [0.1, 0.15) is 11.1 Å². The van der Waals surface area contributed by atoms with E-state index in [-0.39, 0.29) is 5.91 Å². The average Bonchev–Trinajstić information content (AvgIpc) is 2.73. The summed E-state index contributed by atoms with van der Waals surface area (Å²) in [5.41, 5.74) is 2.76. The minimum Gasteiger partial charge on any atom is -0.496 e. The van der Waals surface area contributed by atoms with E-state index >= 15 is 0 Å². The fourth-order valence-corrected chi connectivity index (χ4v) is 2.75. The van der Waals surface area contributed by atoms with Crippen LogP contribution in [0.15, 0.2) is 84.9 Å². The Bertz CT molecular complexity index is 935. The number of amides is 1. The van der Waals surface area contributed by atoms with Gasteiger partial charge in [-0.2, -0.15) is 0 Å². The van der Waals surface area contributed by atoms with Crippen LogP contribution in [0.5, 0.6) is 11.5 Å². The van der Waals surface area contributed by atoms with Crippen LogP contribution in [0.25, 0.3) is 6.08 Å². The quantitative estimate of drug-likeness (QED) is 0.567. The van der Waals surface area contributed by atoms with Crippen LogP contribution in [-0.4, -0.2) is 19.6 Å². The minimum atomic E-state index is -0.215. The zero-order valence-corrected chi connectivity index (χ0v) is 15.8. The lowest BCUT2D eigenvalue weighted by Crippen LogP contribution is -2.08. The third-order valence-electron chi connectivity index (χ3n) is 4.16. The highest BCUT2D eigenvalue weighted by Gasteiger charge is 2.02.